The molecule has 2 N–H and O–H groups in total. The summed E-state index contributed by atoms with van der Waals surface area (Å²) in [6, 6.07) is 7.78. The van der Waals surface area contributed by atoms with Crippen molar-refractivity contribution in [3.63, 3.8) is 0 Å². The Bertz CT molecular complexity index is 514. The minimum Gasteiger partial charge on any atom is -0.479 e. The molecular formula is C15H19NO4. The Kier molecular flexibility index (Phi) is 4.39. The molecule has 20 heavy (non-hydrogen) atoms. The number of carboxylic acid groups (broad SMARTS) is 1. The molecule has 1 aromatic carbocycles. The molecule has 0 bridgehead atoms. The van der Waals surface area contributed by atoms with E-state index < -0.39 is 18.2 Å². The fraction of sp³-hybridized carbons (Fsp3) is 0.467. The van der Waals surface area contributed by atoms with Crippen LogP contribution >= 0.6 is 0 Å². The third kappa shape index (κ3) is 3.36. The SMILES string of the molecule is Cc1cccc([C@H](C)NC(=O)C2CCC(C(=O)O)O2)c1. The smallest absolute Gasteiger partial charge is 0.332 e. The number of carbonyl (C=O) groups excluding carboxylic acids is 1. The lowest BCUT2D eigenvalue weighted by Crippen LogP contribution is -2.37. The van der Waals surface area contributed by atoms with Gasteiger partial charge < -0.3 is 15.2 Å². The van der Waals surface area contributed by atoms with Gasteiger partial charge in [-0.25, -0.2) is 4.79 Å². The molecule has 1 saturated heterocycles. The number of carbonyl (C=O) groups is 2. The van der Waals surface area contributed by atoms with Crippen LogP contribution in [0.5, 0.6) is 0 Å². The van der Waals surface area contributed by atoms with Crippen LogP contribution in [0.3, 0.4) is 0 Å². The highest BCUT2D eigenvalue weighted by Crippen LogP contribution is 2.21. The first kappa shape index (κ1) is 14.5. The van der Waals surface area contributed by atoms with Gasteiger partial charge in [-0.2, -0.15) is 0 Å². The van der Waals surface area contributed by atoms with E-state index in [0.717, 1.165) is 11.1 Å². The van der Waals surface area contributed by atoms with Gasteiger partial charge in [0.2, 0.25) is 5.91 Å². The summed E-state index contributed by atoms with van der Waals surface area (Å²) in [5.74, 6) is -1.25. The van der Waals surface area contributed by atoms with Crippen molar-refractivity contribution in [2.24, 2.45) is 0 Å². The molecular weight excluding hydrogens is 258 g/mol. The molecule has 2 unspecified atom stereocenters. The lowest BCUT2D eigenvalue weighted by atomic mass is 10.1. The standard InChI is InChI=1S/C15H19NO4/c1-9-4-3-5-11(8-9)10(2)16-14(17)12-6-7-13(20-12)15(18)19/h3-5,8,10,12-13H,6-7H2,1-2H3,(H,16,17)(H,18,19)/t10-,12?,13?/m0/s1. The Morgan fingerprint density at radius 3 is 2.65 bits per heavy atom. The number of ether oxygens (including phenoxy) is 1. The Balaban J connectivity index is 1.93. The van der Waals surface area contributed by atoms with Gasteiger partial charge in [0.05, 0.1) is 6.04 Å². The van der Waals surface area contributed by atoms with Crippen LogP contribution in [-0.2, 0) is 14.3 Å². The molecule has 0 aromatic heterocycles. The number of carboxylic acids is 1. The van der Waals surface area contributed by atoms with Gasteiger partial charge in [-0.3, -0.25) is 4.79 Å². The van der Waals surface area contributed by atoms with Gasteiger partial charge in [0, 0.05) is 0 Å². The van der Waals surface area contributed by atoms with Crippen molar-refractivity contribution in [1.29, 1.82) is 0 Å². The van der Waals surface area contributed by atoms with Crippen LogP contribution in [0, 0.1) is 6.92 Å². The third-order valence-electron chi connectivity index (χ3n) is 3.49. The average molecular weight is 277 g/mol. The van der Waals surface area contributed by atoms with E-state index in [-0.39, 0.29) is 11.9 Å². The quantitative estimate of drug-likeness (QED) is 0.880. The van der Waals surface area contributed by atoms with Gasteiger partial charge in [0.1, 0.15) is 6.10 Å². The Labute approximate surface area is 117 Å². The molecule has 0 radical (unpaired) electrons. The first-order valence-corrected chi connectivity index (χ1v) is 6.72. The number of rotatable bonds is 4. The summed E-state index contributed by atoms with van der Waals surface area (Å²) >= 11 is 0. The molecule has 108 valence electrons. The summed E-state index contributed by atoms with van der Waals surface area (Å²) in [6.07, 6.45) is -0.696. The van der Waals surface area contributed by atoms with E-state index in [1.165, 1.54) is 0 Å². The van der Waals surface area contributed by atoms with E-state index in [1.54, 1.807) is 0 Å². The predicted molar refractivity (Wildman–Crippen MR) is 73.3 cm³/mol. The van der Waals surface area contributed by atoms with Crippen LogP contribution in [0.1, 0.15) is 36.9 Å². The average Bonchev–Trinajstić information content (AvgIpc) is 2.88. The van der Waals surface area contributed by atoms with Gasteiger partial charge in [-0.15, -0.1) is 0 Å². The molecule has 3 atom stereocenters. The van der Waals surface area contributed by atoms with Crippen molar-refractivity contribution in [2.75, 3.05) is 0 Å². The zero-order valence-corrected chi connectivity index (χ0v) is 11.6. The van der Waals surface area contributed by atoms with Crippen LogP contribution in [0.15, 0.2) is 24.3 Å². The maximum Gasteiger partial charge on any atom is 0.332 e. The zero-order valence-electron chi connectivity index (χ0n) is 11.6. The van der Waals surface area contributed by atoms with Crippen LogP contribution in [0.4, 0.5) is 0 Å². The van der Waals surface area contributed by atoms with Crippen molar-refractivity contribution in [3.05, 3.63) is 35.4 Å². The summed E-state index contributed by atoms with van der Waals surface area (Å²) in [5.41, 5.74) is 2.15. The van der Waals surface area contributed by atoms with Gasteiger partial charge in [-0.1, -0.05) is 29.8 Å². The van der Waals surface area contributed by atoms with E-state index in [2.05, 4.69) is 5.32 Å². The fourth-order valence-corrected chi connectivity index (χ4v) is 2.34. The molecule has 2 rings (SSSR count). The van der Waals surface area contributed by atoms with Gasteiger partial charge >= 0.3 is 5.97 Å². The van der Waals surface area contributed by atoms with E-state index in [4.69, 9.17) is 9.84 Å². The van der Waals surface area contributed by atoms with Crippen LogP contribution in [0.25, 0.3) is 0 Å². The summed E-state index contributed by atoms with van der Waals surface area (Å²) < 4.78 is 5.23. The second-order valence-corrected chi connectivity index (χ2v) is 5.17. The first-order chi connectivity index (χ1) is 9.47. The summed E-state index contributed by atoms with van der Waals surface area (Å²) in [5, 5.41) is 11.7. The first-order valence-electron chi connectivity index (χ1n) is 6.72. The Morgan fingerprint density at radius 2 is 2.05 bits per heavy atom. The van der Waals surface area contributed by atoms with Crippen molar-refractivity contribution in [2.45, 2.75) is 44.9 Å². The molecule has 1 fully saturated rings. The van der Waals surface area contributed by atoms with E-state index in [0.29, 0.717) is 12.8 Å². The molecule has 5 heteroatoms. The fourth-order valence-electron chi connectivity index (χ4n) is 2.34. The number of hydrogen-bond donors (Lipinski definition) is 2. The predicted octanol–water partition coefficient (Wildman–Crippen LogP) is 1.80. The molecule has 5 nitrogen and oxygen atoms in total. The normalized spacial score (nSPS) is 23.3. The van der Waals surface area contributed by atoms with Crippen molar-refractivity contribution in [3.8, 4) is 0 Å². The molecule has 1 heterocycles. The van der Waals surface area contributed by atoms with Crippen molar-refractivity contribution in [1.82, 2.24) is 5.32 Å². The second-order valence-electron chi connectivity index (χ2n) is 5.17. The number of amides is 1. The molecule has 0 saturated carbocycles. The van der Waals surface area contributed by atoms with Gasteiger partial charge in [0.15, 0.2) is 6.10 Å². The van der Waals surface area contributed by atoms with Gasteiger partial charge in [-0.05, 0) is 32.3 Å². The summed E-state index contributed by atoms with van der Waals surface area (Å²) in [7, 11) is 0. The highest BCUT2D eigenvalue weighted by atomic mass is 16.5. The highest BCUT2D eigenvalue weighted by Gasteiger charge is 2.35. The lowest BCUT2D eigenvalue weighted by molar-refractivity contribution is -0.151. The monoisotopic (exact) mass is 277 g/mol. The van der Waals surface area contributed by atoms with E-state index in [1.807, 2.05) is 38.1 Å². The number of benzene rings is 1. The molecule has 1 aliphatic heterocycles. The summed E-state index contributed by atoms with van der Waals surface area (Å²) in [6.45, 7) is 3.89. The van der Waals surface area contributed by atoms with Crippen molar-refractivity contribution >= 4 is 11.9 Å². The van der Waals surface area contributed by atoms with Crippen LogP contribution in [-0.4, -0.2) is 29.2 Å². The number of hydrogen-bond acceptors (Lipinski definition) is 3. The zero-order chi connectivity index (χ0) is 14.7. The minimum absolute atomic E-state index is 0.130. The second kappa shape index (κ2) is 6.05. The van der Waals surface area contributed by atoms with Crippen LogP contribution in [0.2, 0.25) is 0 Å². The Morgan fingerprint density at radius 1 is 1.35 bits per heavy atom. The maximum atomic E-state index is 12.1. The largest absolute Gasteiger partial charge is 0.479 e. The van der Waals surface area contributed by atoms with Crippen LogP contribution < -0.4 is 5.32 Å². The molecule has 0 aliphatic carbocycles. The van der Waals surface area contributed by atoms with Crippen molar-refractivity contribution < 1.29 is 19.4 Å². The third-order valence-corrected chi connectivity index (χ3v) is 3.49. The Hall–Kier alpha value is -1.88. The maximum absolute atomic E-state index is 12.1. The van der Waals surface area contributed by atoms with Gasteiger partial charge in [0.25, 0.3) is 0 Å². The lowest BCUT2D eigenvalue weighted by Gasteiger charge is -2.18. The highest BCUT2D eigenvalue weighted by molar-refractivity contribution is 5.83. The van der Waals surface area contributed by atoms with E-state index in [9.17, 15) is 9.59 Å². The number of nitrogens with one attached hydrogen (secondary N) is 1. The minimum atomic E-state index is -1.01. The molecule has 0 spiro atoms. The topological polar surface area (TPSA) is 75.6 Å². The molecule has 1 amide bonds. The summed E-state index contributed by atoms with van der Waals surface area (Å²) in [4.78, 5) is 22.8. The number of aryl methyl sites for hydroxylation is 1. The number of aliphatic carboxylic acids is 1. The molecule has 1 aliphatic rings. The van der Waals surface area contributed by atoms with E-state index >= 15 is 0 Å². The molecule has 1 aromatic rings.